The maximum atomic E-state index is 12.4. The zero-order valence-electron chi connectivity index (χ0n) is 11.4. The van der Waals surface area contributed by atoms with Crippen molar-refractivity contribution in [2.45, 2.75) is 38.3 Å². The van der Waals surface area contributed by atoms with Crippen LogP contribution in [0.5, 0.6) is 0 Å². The number of amides is 2. The number of morpholine rings is 1. The van der Waals surface area contributed by atoms with Crippen molar-refractivity contribution in [3.05, 3.63) is 0 Å². The number of hydrogen-bond acceptors (Lipinski definition) is 4. The second kappa shape index (κ2) is 6.34. The van der Waals surface area contributed by atoms with Crippen LogP contribution < -0.4 is 11.1 Å². The molecule has 0 aromatic heterocycles. The third-order valence-electron chi connectivity index (χ3n) is 3.76. The Labute approximate surface area is 113 Å². The molecule has 2 amide bonds. The lowest BCUT2D eigenvalue weighted by atomic mass is 10.0. The Kier molecular flexibility index (Phi) is 4.76. The van der Waals surface area contributed by atoms with Crippen molar-refractivity contribution in [3.8, 4) is 0 Å². The molecule has 6 nitrogen and oxygen atoms in total. The van der Waals surface area contributed by atoms with E-state index in [4.69, 9.17) is 10.5 Å². The molecule has 6 heteroatoms. The first kappa shape index (κ1) is 14.3. The molecule has 2 rings (SSSR count). The Bertz CT molecular complexity index is 340. The van der Waals surface area contributed by atoms with E-state index in [0.29, 0.717) is 32.2 Å². The topological polar surface area (TPSA) is 84.7 Å². The van der Waals surface area contributed by atoms with Gasteiger partial charge in [0.2, 0.25) is 11.8 Å². The Morgan fingerprint density at radius 1 is 1.47 bits per heavy atom. The predicted octanol–water partition coefficient (Wildman–Crippen LogP) is -0.523. The van der Waals surface area contributed by atoms with Gasteiger partial charge in [0.1, 0.15) is 6.04 Å². The Balaban J connectivity index is 2.01. The number of hydrogen-bond donors (Lipinski definition) is 2. The van der Waals surface area contributed by atoms with Crippen molar-refractivity contribution < 1.29 is 14.3 Å². The Morgan fingerprint density at radius 2 is 2.21 bits per heavy atom. The summed E-state index contributed by atoms with van der Waals surface area (Å²) in [7, 11) is 0. The molecule has 1 aliphatic heterocycles. The minimum absolute atomic E-state index is 0.0238. The van der Waals surface area contributed by atoms with Crippen LogP contribution in [0.3, 0.4) is 0 Å². The highest BCUT2D eigenvalue weighted by molar-refractivity contribution is 5.89. The summed E-state index contributed by atoms with van der Waals surface area (Å²) in [4.78, 5) is 26.2. The average molecular weight is 269 g/mol. The van der Waals surface area contributed by atoms with Gasteiger partial charge in [0.15, 0.2) is 0 Å². The molecule has 19 heavy (non-hydrogen) atoms. The summed E-state index contributed by atoms with van der Waals surface area (Å²) in [6.45, 7) is 3.50. The third-order valence-corrected chi connectivity index (χ3v) is 3.76. The first-order valence-electron chi connectivity index (χ1n) is 7.06. The molecule has 1 heterocycles. The van der Waals surface area contributed by atoms with E-state index in [0.717, 1.165) is 12.8 Å². The zero-order chi connectivity index (χ0) is 13.8. The molecule has 1 aliphatic carbocycles. The summed E-state index contributed by atoms with van der Waals surface area (Å²) < 4.78 is 5.35. The Hall–Kier alpha value is -1.14. The molecular weight excluding hydrogens is 246 g/mol. The van der Waals surface area contributed by atoms with Gasteiger partial charge in [0.25, 0.3) is 0 Å². The summed E-state index contributed by atoms with van der Waals surface area (Å²) in [5, 5.41) is 2.94. The van der Waals surface area contributed by atoms with Crippen LogP contribution in [0.1, 0.15) is 26.2 Å². The number of nitrogens with one attached hydrogen (secondary N) is 1. The molecule has 108 valence electrons. The average Bonchev–Trinajstić information content (AvgIpc) is 3.24. The van der Waals surface area contributed by atoms with Gasteiger partial charge in [-0.05, 0) is 19.3 Å². The highest BCUT2D eigenvalue weighted by Gasteiger charge is 2.37. The molecule has 3 N–H and O–H groups in total. The molecule has 2 unspecified atom stereocenters. The van der Waals surface area contributed by atoms with E-state index in [9.17, 15) is 9.59 Å². The van der Waals surface area contributed by atoms with Gasteiger partial charge in [-0.2, -0.15) is 0 Å². The van der Waals surface area contributed by atoms with Crippen LogP contribution in [0.25, 0.3) is 0 Å². The molecule has 0 bridgehead atoms. The fraction of sp³-hybridized carbons (Fsp3) is 0.846. The summed E-state index contributed by atoms with van der Waals surface area (Å²) in [6, 6.07) is -0.203. The van der Waals surface area contributed by atoms with Crippen molar-refractivity contribution in [1.29, 1.82) is 0 Å². The highest BCUT2D eigenvalue weighted by Crippen LogP contribution is 2.20. The second-order valence-electron chi connectivity index (χ2n) is 5.25. The van der Waals surface area contributed by atoms with E-state index in [1.54, 1.807) is 4.90 Å². The number of carbonyl (C=O) groups excluding carboxylic acids is 2. The zero-order valence-corrected chi connectivity index (χ0v) is 11.4. The van der Waals surface area contributed by atoms with Crippen LogP contribution in [0, 0.1) is 5.92 Å². The number of carbonyl (C=O) groups is 2. The first-order chi connectivity index (χ1) is 9.17. The first-order valence-corrected chi connectivity index (χ1v) is 7.06. The van der Waals surface area contributed by atoms with Crippen LogP contribution in [-0.4, -0.2) is 55.1 Å². The summed E-state index contributed by atoms with van der Waals surface area (Å²) in [5.74, 6) is -0.319. The maximum Gasteiger partial charge on any atom is 0.245 e. The minimum Gasteiger partial charge on any atom is -0.377 e. The molecule has 0 spiro atoms. The van der Waals surface area contributed by atoms with Crippen LogP contribution in [-0.2, 0) is 14.3 Å². The third kappa shape index (κ3) is 3.45. The van der Waals surface area contributed by atoms with E-state index in [1.165, 1.54) is 0 Å². The largest absolute Gasteiger partial charge is 0.377 e. The molecule has 2 aliphatic rings. The summed E-state index contributed by atoms with van der Waals surface area (Å²) in [5.41, 5.74) is 5.62. The van der Waals surface area contributed by atoms with Crippen molar-refractivity contribution >= 4 is 11.8 Å². The van der Waals surface area contributed by atoms with Crippen LogP contribution in [0.15, 0.2) is 0 Å². The van der Waals surface area contributed by atoms with Gasteiger partial charge in [-0.1, -0.05) is 6.92 Å². The van der Waals surface area contributed by atoms with Crippen LogP contribution in [0.4, 0.5) is 0 Å². The molecule has 1 saturated carbocycles. The predicted molar refractivity (Wildman–Crippen MR) is 70.3 cm³/mol. The molecular formula is C13H23N3O3. The van der Waals surface area contributed by atoms with Crippen molar-refractivity contribution in [2.75, 3.05) is 26.3 Å². The smallest absolute Gasteiger partial charge is 0.245 e. The molecule has 2 atom stereocenters. The van der Waals surface area contributed by atoms with E-state index in [1.807, 2.05) is 6.92 Å². The quantitative estimate of drug-likeness (QED) is 0.703. The van der Waals surface area contributed by atoms with E-state index < -0.39 is 6.04 Å². The normalized spacial score (nSPS) is 24.9. The maximum absolute atomic E-state index is 12.4. The summed E-state index contributed by atoms with van der Waals surface area (Å²) >= 11 is 0. The molecule has 0 radical (unpaired) electrons. The SMILES string of the molecule is CCC(CN)C(=O)N1CCOCC1C(=O)NC1CC1. The van der Waals surface area contributed by atoms with Gasteiger partial charge in [0, 0.05) is 19.1 Å². The fourth-order valence-corrected chi connectivity index (χ4v) is 2.29. The number of rotatable bonds is 5. The highest BCUT2D eigenvalue weighted by atomic mass is 16.5. The molecule has 0 aromatic rings. The van der Waals surface area contributed by atoms with E-state index in [-0.39, 0.29) is 24.3 Å². The minimum atomic E-state index is -0.498. The van der Waals surface area contributed by atoms with Gasteiger partial charge in [-0.3, -0.25) is 9.59 Å². The second-order valence-corrected chi connectivity index (χ2v) is 5.25. The van der Waals surface area contributed by atoms with Crippen molar-refractivity contribution in [1.82, 2.24) is 10.2 Å². The number of ether oxygens (including phenoxy) is 1. The number of nitrogens with zero attached hydrogens (tertiary/aromatic N) is 1. The van der Waals surface area contributed by atoms with E-state index in [2.05, 4.69) is 5.32 Å². The fourth-order valence-electron chi connectivity index (χ4n) is 2.29. The van der Waals surface area contributed by atoms with Gasteiger partial charge < -0.3 is 20.7 Å². The summed E-state index contributed by atoms with van der Waals surface area (Å²) in [6.07, 6.45) is 2.77. The molecule has 0 aromatic carbocycles. The number of nitrogens with two attached hydrogens (primary N) is 1. The lowest BCUT2D eigenvalue weighted by Crippen LogP contribution is -2.57. The van der Waals surface area contributed by atoms with Crippen molar-refractivity contribution in [2.24, 2.45) is 11.7 Å². The van der Waals surface area contributed by atoms with Gasteiger partial charge >= 0.3 is 0 Å². The Morgan fingerprint density at radius 3 is 2.79 bits per heavy atom. The van der Waals surface area contributed by atoms with Crippen LogP contribution >= 0.6 is 0 Å². The van der Waals surface area contributed by atoms with Gasteiger partial charge in [-0.15, -0.1) is 0 Å². The van der Waals surface area contributed by atoms with Crippen molar-refractivity contribution in [3.63, 3.8) is 0 Å². The van der Waals surface area contributed by atoms with E-state index >= 15 is 0 Å². The molecule has 1 saturated heterocycles. The van der Waals surface area contributed by atoms with Gasteiger partial charge in [-0.25, -0.2) is 0 Å². The van der Waals surface area contributed by atoms with Crippen LogP contribution in [0.2, 0.25) is 0 Å². The van der Waals surface area contributed by atoms with Gasteiger partial charge in [0.05, 0.1) is 19.1 Å². The standard InChI is InChI=1S/C13H23N3O3/c1-2-9(7-14)13(18)16-5-6-19-8-11(16)12(17)15-10-3-4-10/h9-11H,2-8,14H2,1H3,(H,15,17). The lowest BCUT2D eigenvalue weighted by molar-refractivity contribution is -0.151. The lowest BCUT2D eigenvalue weighted by Gasteiger charge is -2.36. The molecule has 2 fully saturated rings. The monoisotopic (exact) mass is 269 g/mol.